The number of pyridine rings is 1. The lowest BCUT2D eigenvalue weighted by atomic mass is 10.2. The quantitative estimate of drug-likeness (QED) is 0.744. The third-order valence-electron chi connectivity index (χ3n) is 2.38. The molecule has 19 heavy (non-hydrogen) atoms. The first-order valence-corrected chi connectivity index (χ1v) is 9.37. The lowest BCUT2D eigenvalue weighted by molar-refractivity contribution is 0.551. The van der Waals surface area contributed by atoms with Crippen LogP contribution in [0, 0.1) is 5.92 Å². The van der Waals surface area contributed by atoms with Gasteiger partial charge in [0.25, 0.3) is 0 Å². The Hall–Kier alpha value is -0.590. The minimum Gasteiger partial charge on any atom is -0.312 e. The molecular formula is C13H22N2O2S2. The highest BCUT2D eigenvalue weighted by atomic mass is 32.2. The summed E-state index contributed by atoms with van der Waals surface area (Å²) >= 11 is 1.47. The van der Waals surface area contributed by atoms with Gasteiger partial charge in [-0.25, -0.2) is 13.4 Å². The van der Waals surface area contributed by atoms with E-state index >= 15 is 0 Å². The fraction of sp³-hybridized carbons (Fsp3) is 0.615. The second-order valence-electron chi connectivity index (χ2n) is 5.01. The second kappa shape index (κ2) is 7.87. The van der Waals surface area contributed by atoms with E-state index in [0.29, 0.717) is 11.7 Å². The van der Waals surface area contributed by atoms with Crippen molar-refractivity contribution in [1.29, 1.82) is 0 Å². The van der Waals surface area contributed by atoms with E-state index in [4.69, 9.17) is 0 Å². The van der Waals surface area contributed by atoms with Gasteiger partial charge in [0.1, 0.15) is 9.84 Å². The van der Waals surface area contributed by atoms with Crippen LogP contribution in [0.3, 0.4) is 0 Å². The average Bonchev–Trinajstić information content (AvgIpc) is 2.29. The molecule has 0 unspecified atom stereocenters. The Morgan fingerprint density at radius 1 is 1.37 bits per heavy atom. The van der Waals surface area contributed by atoms with Crippen LogP contribution in [0.25, 0.3) is 0 Å². The molecule has 1 aromatic rings. The Kier molecular flexibility index (Phi) is 6.82. The zero-order valence-corrected chi connectivity index (χ0v) is 13.4. The predicted molar refractivity (Wildman–Crippen MR) is 81.2 cm³/mol. The molecule has 0 radical (unpaired) electrons. The van der Waals surface area contributed by atoms with Gasteiger partial charge in [-0.2, -0.15) is 0 Å². The first-order chi connectivity index (χ1) is 8.87. The van der Waals surface area contributed by atoms with Crippen LogP contribution in [0.5, 0.6) is 0 Å². The maximum atomic E-state index is 11.0. The first kappa shape index (κ1) is 16.5. The SMILES string of the molecule is CC(C)CNCc1ccc(SCCS(C)(=O)=O)nc1. The molecule has 0 fully saturated rings. The molecule has 0 atom stereocenters. The summed E-state index contributed by atoms with van der Waals surface area (Å²) in [6.45, 7) is 6.16. The Balaban J connectivity index is 2.35. The molecule has 108 valence electrons. The van der Waals surface area contributed by atoms with Crippen molar-refractivity contribution in [2.24, 2.45) is 5.92 Å². The van der Waals surface area contributed by atoms with Crippen LogP contribution >= 0.6 is 11.8 Å². The van der Waals surface area contributed by atoms with E-state index < -0.39 is 9.84 Å². The Bertz CT molecular complexity index is 470. The van der Waals surface area contributed by atoms with Crippen LogP contribution < -0.4 is 5.32 Å². The van der Waals surface area contributed by atoms with Gasteiger partial charge in [-0.3, -0.25) is 0 Å². The number of hydrogen-bond acceptors (Lipinski definition) is 5. The van der Waals surface area contributed by atoms with Crippen molar-refractivity contribution in [3.63, 3.8) is 0 Å². The predicted octanol–water partition coefficient (Wildman–Crippen LogP) is 1.96. The maximum absolute atomic E-state index is 11.0. The lowest BCUT2D eigenvalue weighted by Crippen LogP contribution is -2.18. The fourth-order valence-corrected chi connectivity index (χ4v) is 3.45. The van der Waals surface area contributed by atoms with Crippen LogP contribution in [0.1, 0.15) is 19.4 Å². The molecule has 0 saturated heterocycles. The van der Waals surface area contributed by atoms with Crippen LogP contribution in [-0.4, -0.2) is 37.7 Å². The van der Waals surface area contributed by atoms with Gasteiger partial charge < -0.3 is 5.32 Å². The number of rotatable bonds is 8. The molecule has 0 aromatic carbocycles. The van der Waals surface area contributed by atoms with E-state index in [9.17, 15) is 8.42 Å². The molecule has 0 spiro atoms. The number of sulfone groups is 1. The minimum atomic E-state index is -2.88. The number of nitrogens with one attached hydrogen (secondary N) is 1. The zero-order chi connectivity index (χ0) is 14.3. The van der Waals surface area contributed by atoms with Crippen LogP contribution in [0.15, 0.2) is 23.4 Å². The normalized spacial score (nSPS) is 12.0. The minimum absolute atomic E-state index is 0.192. The molecule has 1 aromatic heterocycles. The summed E-state index contributed by atoms with van der Waals surface area (Å²) in [6, 6.07) is 3.97. The average molecular weight is 302 g/mol. The summed E-state index contributed by atoms with van der Waals surface area (Å²) in [5.74, 6) is 1.38. The van der Waals surface area contributed by atoms with Crippen molar-refractivity contribution in [3.8, 4) is 0 Å². The number of hydrogen-bond donors (Lipinski definition) is 1. The molecule has 0 bridgehead atoms. The van der Waals surface area contributed by atoms with E-state index in [1.807, 2.05) is 18.3 Å². The number of thioether (sulfide) groups is 1. The number of nitrogens with zero attached hydrogens (tertiary/aromatic N) is 1. The standard InChI is InChI=1S/C13H22N2O2S2/c1-11(2)8-14-9-12-4-5-13(15-10-12)18-6-7-19(3,16)17/h4-5,10-11,14H,6-9H2,1-3H3. The van der Waals surface area contributed by atoms with Gasteiger partial charge in [0, 0.05) is 24.8 Å². The van der Waals surface area contributed by atoms with Gasteiger partial charge >= 0.3 is 0 Å². The first-order valence-electron chi connectivity index (χ1n) is 6.33. The van der Waals surface area contributed by atoms with Crippen LogP contribution in [-0.2, 0) is 16.4 Å². The van der Waals surface area contributed by atoms with Gasteiger partial charge in [-0.15, -0.1) is 11.8 Å². The summed E-state index contributed by atoms with van der Waals surface area (Å²) in [5, 5.41) is 4.23. The maximum Gasteiger partial charge on any atom is 0.148 e. The molecule has 1 rings (SSSR count). The Labute approximate surface area is 120 Å². The second-order valence-corrected chi connectivity index (χ2v) is 8.38. The molecule has 0 aliphatic heterocycles. The monoisotopic (exact) mass is 302 g/mol. The van der Waals surface area contributed by atoms with Gasteiger partial charge in [0.15, 0.2) is 0 Å². The van der Waals surface area contributed by atoms with Crippen LogP contribution in [0.4, 0.5) is 0 Å². The highest BCUT2D eigenvalue weighted by Gasteiger charge is 2.03. The lowest BCUT2D eigenvalue weighted by Gasteiger charge is -2.07. The summed E-state index contributed by atoms with van der Waals surface area (Å²) in [6.07, 6.45) is 3.10. The zero-order valence-electron chi connectivity index (χ0n) is 11.7. The van der Waals surface area contributed by atoms with E-state index in [1.54, 1.807) is 0 Å². The third-order valence-corrected chi connectivity index (χ3v) is 4.53. The highest BCUT2D eigenvalue weighted by molar-refractivity contribution is 8.00. The molecule has 0 aliphatic rings. The number of aromatic nitrogens is 1. The van der Waals surface area contributed by atoms with Crippen molar-refractivity contribution in [3.05, 3.63) is 23.9 Å². The topological polar surface area (TPSA) is 59.1 Å². The van der Waals surface area contributed by atoms with Gasteiger partial charge in [-0.1, -0.05) is 19.9 Å². The smallest absolute Gasteiger partial charge is 0.148 e. The van der Waals surface area contributed by atoms with Crippen molar-refractivity contribution in [2.75, 3.05) is 24.3 Å². The van der Waals surface area contributed by atoms with Crippen molar-refractivity contribution >= 4 is 21.6 Å². The molecule has 1 heterocycles. The Morgan fingerprint density at radius 3 is 2.63 bits per heavy atom. The third kappa shape index (κ3) is 8.23. The molecular weight excluding hydrogens is 280 g/mol. The summed E-state index contributed by atoms with van der Waals surface area (Å²) in [5.41, 5.74) is 1.15. The van der Waals surface area contributed by atoms with Crippen molar-refractivity contribution in [2.45, 2.75) is 25.4 Å². The van der Waals surface area contributed by atoms with E-state index in [1.165, 1.54) is 18.0 Å². The molecule has 0 aliphatic carbocycles. The fourth-order valence-electron chi connectivity index (χ4n) is 1.40. The van der Waals surface area contributed by atoms with Crippen molar-refractivity contribution in [1.82, 2.24) is 10.3 Å². The highest BCUT2D eigenvalue weighted by Crippen LogP contribution is 2.15. The summed E-state index contributed by atoms with van der Waals surface area (Å²) in [7, 11) is -2.88. The van der Waals surface area contributed by atoms with Crippen LogP contribution in [0.2, 0.25) is 0 Å². The van der Waals surface area contributed by atoms with Gasteiger partial charge in [-0.05, 0) is 24.1 Å². The van der Waals surface area contributed by atoms with Gasteiger partial charge in [0.2, 0.25) is 0 Å². The van der Waals surface area contributed by atoms with E-state index in [2.05, 4.69) is 24.1 Å². The summed E-state index contributed by atoms with van der Waals surface area (Å²) < 4.78 is 22.0. The molecule has 0 amide bonds. The van der Waals surface area contributed by atoms with E-state index in [-0.39, 0.29) is 5.75 Å². The molecule has 6 heteroatoms. The largest absolute Gasteiger partial charge is 0.312 e. The molecule has 0 saturated carbocycles. The molecule has 1 N–H and O–H groups in total. The summed E-state index contributed by atoms with van der Waals surface area (Å²) in [4.78, 5) is 4.32. The Morgan fingerprint density at radius 2 is 2.11 bits per heavy atom. The van der Waals surface area contributed by atoms with Crippen molar-refractivity contribution < 1.29 is 8.42 Å². The van der Waals surface area contributed by atoms with E-state index in [0.717, 1.165) is 23.7 Å². The molecule has 4 nitrogen and oxygen atoms in total. The van der Waals surface area contributed by atoms with Gasteiger partial charge in [0.05, 0.1) is 10.8 Å².